The van der Waals surface area contributed by atoms with Gasteiger partial charge in [0, 0.05) is 13.0 Å². The molecule has 3 rings (SSSR count). The Morgan fingerprint density at radius 3 is 2.70 bits per heavy atom. The van der Waals surface area contributed by atoms with E-state index >= 15 is 0 Å². The highest BCUT2D eigenvalue weighted by Crippen LogP contribution is 2.20. The fourth-order valence-corrected chi connectivity index (χ4v) is 2.97. The lowest BCUT2D eigenvalue weighted by atomic mass is 10.1. The van der Waals surface area contributed by atoms with E-state index < -0.39 is 5.76 Å². The zero-order valence-corrected chi connectivity index (χ0v) is 15.8. The number of carbonyl (C=O) groups excluding carboxylic acids is 1. The first-order valence-corrected chi connectivity index (χ1v) is 9.08. The van der Waals surface area contributed by atoms with E-state index in [0.717, 1.165) is 11.3 Å². The van der Waals surface area contributed by atoms with Crippen molar-refractivity contribution in [1.82, 2.24) is 9.88 Å². The summed E-state index contributed by atoms with van der Waals surface area (Å²) in [5.74, 6) is 0.200. The van der Waals surface area contributed by atoms with Gasteiger partial charge in [0.1, 0.15) is 5.75 Å². The molecule has 27 heavy (non-hydrogen) atoms. The molecular formula is C21H24N2O4. The lowest BCUT2D eigenvalue weighted by Crippen LogP contribution is -2.28. The minimum absolute atomic E-state index is 0.0910. The molecule has 0 aliphatic rings. The summed E-state index contributed by atoms with van der Waals surface area (Å²) in [7, 11) is 0. The fourth-order valence-electron chi connectivity index (χ4n) is 2.97. The first-order valence-electron chi connectivity index (χ1n) is 9.08. The summed E-state index contributed by atoms with van der Waals surface area (Å²) in [5.41, 5.74) is 2.19. The molecule has 0 fully saturated rings. The van der Waals surface area contributed by atoms with E-state index in [4.69, 9.17) is 9.15 Å². The molecule has 1 aromatic heterocycles. The van der Waals surface area contributed by atoms with Crippen LogP contribution in [-0.2, 0) is 11.3 Å². The van der Waals surface area contributed by atoms with Crippen LogP contribution < -0.4 is 15.8 Å². The number of hydrogen-bond donors (Lipinski definition) is 1. The van der Waals surface area contributed by atoms with E-state index in [1.807, 2.05) is 51.1 Å². The molecule has 0 aliphatic heterocycles. The van der Waals surface area contributed by atoms with Crippen molar-refractivity contribution in [2.75, 3.05) is 0 Å². The first-order chi connectivity index (χ1) is 12.9. The Bertz CT molecular complexity index is 987. The summed E-state index contributed by atoms with van der Waals surface area (Å²) >= 11 is 0. The Morgan fingerprint density at radius 2 is 1.93 bits per heavy atom. The topological polar surface area (TPSA) is 73.5 Å². The van der Waals surface area contributed by atoms with Gasteiger partial charge >= 0.3 is 5.76 Å². The lowest BCUT2D eigenvalue weighted by Gasteiger charge is -2.16. The molecule has 2 aromatic carbocycles. The maximum atomic E-state index is 12.3. The first kappa shape index (κ1) is 18.8. The predicted molar refractivity (Wildman–Crippen MR) is 104 cm³/mol. The number of aromatic nitrogens is 1. The maximum absolute atomic E-state index is 12.3. The number of carbonyl (C=O) groups is 1. The summed E-state index contributed by atoms with van der Waals surface area (Å²) in [6, 6.07) is 14.7. The summed E-state index contributed by atoms with van der Waals surface area (Å²) < 4.78 is 12.4. The number of hydrogen-bond acceptors (Lipinski definition) is 4. The molecule has 3 aromatic rings. The molecule has 142 valence electrons. The van der Waals surface area contributed by atoms with Crippen molar-refractivity contribution >= 4 is 17.0 Å². The van der Waals surface area contributed by atoms with Crippen LogP contribution >= 0.6 is 0 Å². The quantitative estimate of drug-likeness (QED) is 0.691. The summed E-state index contributed by atoms with van der Waals surface area (Å²) in [4.78, 5) is 24.3. The molecule has 0 radical (unpaired) electrons. The Hall–Kier alpha value is -3.02. The van der Waals surface area contributed by atoms with Gasteiger partial charge in [-0.1, -0.05) is 24.3 Å². The van der Waals surface area contributed by atoms with Gasteiger partial charge in [0.25, 0.3) is 0 Å². The van der Waals surface area contributed by atoms with E-state index in [-0.39, 0.29) is 31.0 Å². The number of ether oxygens (including phenoxy) is 1. The van der Waals surface area contributed by atoms with Gasteiger partial charge in [0.2, 0.25) is 5.91 Å². The van der Waals surface area contributed by atoms with Crippen molar-refractivity contribution in [3.63, 3.8) is 0 Å². The normalized spacial score (nSPS) is 12.3. The highest BCUT2D eigenvalue weighted by atomic mass is 16.5. The van der Waals surface area contributed by atoms with Crippen LogP contribution in [-0.4, -0.2) is 16.6 Å². The van der Waals surface area contributed by atoms with Gasteiger partial charge in [0.15, 0.2) is 5.58 Å². The molecule has 1 heterocycles. The van der Waals surface area contributed by atoms with Crippen molar-refractivity contribution < 1.29 is 13.9 Å². The Kier molecular flexibility index (Phi) is 5.64. The third-order valence-corrected chi connectivity index (χ3v) is 4.24. The maximum Gasteiger partial charge on any atom is 0.419 e. The number of rotatable bonds is 7. The van der Waals surface area contributed by atoms with Gasteiger partial charge in [-0.2, -0.15) is 0 Å². The third-order valence-electron chi connectivity index (χ3n) is 4.24. The summed E-state index contributed by atoms with van der Waals surface area (Å²) in [6.45, 7) is 6.13. The van der Waals surface area contributed by atoms with E-state index in [2.05, 4.69) is 5.32 Å². The lowest BCUT2D eigenvalue weighted by molar-refractivity contribution is -0.121. The standard InChI is InChI=1S/C21H24N2O4/c1-14(2)26-17-8-6-7-16(13-17)15(3)22-20(24)11-12-23-18-9-4-5-10-19(18)27-21(23)25/h4-10,13-15H,11-12H2,1-3H3,(H,22,24). The van der Waals surface area contributed by atoms with Crippen molar-refractivity contribution in [2.45, 2.75) is 45.9 Å². The number of para-hydroxylation sites is 2. The van der Waals surface area contributed by atoms with Crippen LogP contribution in [0.4, 0.5) is 0 Å². The molecule has 1 unspecified atom stereocenters. The SMILES string of the molecule is CC(C)Oc1cccc(C(C)NC(=O)CCn2c(=O)oc3ccccc32)c1. The molecule has 0 saturated carbocycles. The van der Waals surface area contributed by atoms with Crippen molar-refractivity contribution in [2.24, 2.45) is 0 Å². The van der Waals surface area contributed by atoms with Gasteiger partial charge in [-0.25, -0.2) is 4.79 Å². The number of nitrogens with one attached hydrogen (secondary N) is 1. The smallest absolute Gasteiger partial charge is 0.419 e. The second kappa shape index (κ2) is 8.12. The number of fused-ring (bicyclic) bond motifs is 1. The summed E-state index contributed by atoms with van der Waals surface area (Å²) in [6.07, 6.45) is 0.281. The van der Waals surface area contributed by atoms with E-state index in [1.165, 1.54) is 4.57 Å². The van der Waals surface area contributed by atoms with Crippen LogP contribution in [0.3, 0.4) is 0 Å². The van der Waals surface area contributed by atoms with Crippen LogP contribution in [0.15, 0.2) is 57.7 Å². The van der Waals surface area contributed by atoms with Crippen molar-refractivity contribution in [3.05, 3.63) is 64.6 Å². The number of oxazole rings is 1. The second-order valence-corrected chi connectivity index (χ2v) is 6.77. The Labute approximate surface area is 157 Å². The molecule has 0 saturated heterocycles. The highest BCUT2D eigenvalue weighted by molar-refractivity contribution is 5.77. The van der Waals surface area contributed by atoms with Gasteiger partial charge < -0.3 is 14.5 Å². The van der Waals surface area contributed by atoms with Crippen LogP contribution in [0, 0.1) is 0 Å². The molecule has 6 heteroatoms. The molecule has 1 atom stereocenters. The van der Waals surface area contributed by atoms with Gasteiger partial charge in [0.05, 0.1) is 17.7 Å². The minimum atomic E-state index is -0.449. The van der Waals surface area contributed by atoms with Gasteiger partial charge in [-0.15, -0.1) is 0 Å². The van der Waals surface area contributed by atoms with Gasteiger partial charge in [-0.05, 0) is 50.6 Å². The average molecular weight is 368 g/mol. The second-order valence-electron chi connectivity index (χ2n) is 6.77. The summed E-state index contributed by atoms with van der Waals surface area (Å²) in [5, 5.41) is 2.97. The molecule has 1 N–H and O–H groups in total. The van der Waals surface area contributed by atoms with E-state index in [9.17, 15) is 9.59 Å². The predicted octanol–water partition coefficient (Wildman–Crippen LogP) is 3.65. The number of nitrogens with zero attached hydrogens (tertiary/aromatic N) is 1. The van der Waals surface area contributed by atoms with E-state index in [1.54, 1.807) is 18.2 Å². The highest BCUT2D eigenvalue weighted by Gasteiger charge is 2.13. The number of aryl methyl sites for hydroxylation is 1. The number of benzene rings is 2. The molecule has 0 spiro atoms. The van der Waals surface area contributed by atoms with Crippen LogP contribution in [0.2, 0.25) is 0 Å². The van der Waals surface area contributed by atoms with Crippen molar-refractivity contribution in [3.8, 4) is 5.75 Å². The van der Waals surface area contributed by atoms with Gasteiger partial charge in [-0.3, -0.25) is 9.36 Å². The molecule has 0 bridgehead atoms. The Balaban J connectivity index is 1.62. The minimum Gasteiger partial charge on any atom is -0.491 e. The zero-order valence-electron chi connectivity index (χ0n) is 15.8. The molecule has 6 nitrogen and oxygen atoms in total. The molecular weight excluding hydrogens is 344 g/mol. The average Bonchev–Trinajstić information content (AvgIpc) is 2.94. The largest absolute Gasteiger partial charge is 0.491 e. The zero-order chi connectivity index (χ0) is 19.4. The van der Waals surface area contributed by atoms with Crippen LogP contribution in [0.5, 0.6) is 5.75 Å². The third kappa shape index (κ3) is 4.58. The monoisotopic (exact) mass is 368 g/mol. The van der Waals surface area contributed by atoms with Crippen LogP contribution in [0.1, 0.15) is 38.8 Å². The Morgan fingerprint density at radius 1 is 1.15 bits per heavy atom. The molecule has 0 aliphatic carbocycles. The van der Waals surface area contributed by atoms with Crippen molar-refractivity contribution in [1.29, 1.82) is 0 Å². The van der Waals surface area contributed by atoms with Crippen LogP contribution in [0.25, 0.3) is 11.1 Å². The number of amides is 1. The fraction of sp³-hybridized carbons (Fsp3) is 0.333. The van der Waals surface area contributed by atoms with E-state index in [0.29, 0.717) is 11.1 Å². The molecule has 1 amide bonds.